The van der Waals surface area contributed by atoms with Gasteiger partial charge in [-0.1, -0.05) is 19.1 Å². The Morgan fingerprint density at radius 3 is 2.73 bits per heavy atom. The number of carbonyl (C=O) groups excluding carboxylic acids is 1. The molecule has 8 nitrogen and oxygen atoms in total. The van der Waals surface area contributed by atoms with Crippen molar-refractivity contribution in [2.45, 2.75) is 31.8 Å². The van der Waals surface area contributed by atoms with Crippen LogP contribution in [0, 0.1) is 0 Å². The summed E-state index contributed by atoms with van der Waals surface area (Å²) in [6, 6.07) is 11.6. The molecule has 2 fully saturated rings. The number of ether oxygens (including phenoxy) is 3. The van der Waals surface area contributed by atoms with Crippen molar-refractivity contribution in [2.24, 2.45) is 0 Å². The minimum absolute atomic E-state index is 0.354. The molecule has 8 heteroatoms. The summed E-state index contributed by atoms with van der Waals surface area (Å²) in [6.07, 6.45) is 3.65. The number of methoxy groups -OCH3 is 1. The monoisotopic (exact) mass is 448 g/mol. The van der Waals surface area contributed by atoms with E-state index in [0.29, 0.717) is 40.5 Å². The van der Waals surface area contributed by atoms with Crippen LogP contribution in [0.2, 0.25) is 0 Å². The van der Waals surface area contributed by atoms with Crippen molar-refractivity contribution in [2.75, 3.05) is 38.7 Å². The van der Waals surface area contributed by atoms with Crippen molar-refractivity contribution in [1.82, 2.24) is 14.9 Å². The smallest absolute Gasteiger partial charge is 0.415 e. The SMILES string of the molecule is CCc1cccc(Oc2ncnc3cc(OC)c(N4CC5(CCN(C)CC5)OC4=O)cc23)c1. The maximum Gasteiger partial charge on any atom is 0.415 e. The molecule has 2 saturated heterocycles. The molecule has 1 spiro atoms. The molecular weight excluding hydrogens is 420 g/mol. The molecule has 5 rings (SSSR count). The summed E-state index contributed by atoms with van der Waals surface area (Å²) in [5, 5.41) is 0.701. The molecule has 1 aromatic heterocycles. The number of piperidine rings is 1. The summed E-state index contributed by atoms with van der Waals surface area (Å²) < 4.78 is 17.7. The van der Waals surface area contributed by atoms with Crippen LogP contribution in [0.1, 0.15) is 25.3 Å². The van der Waals surface area contributed by atoms with Gasteiger partial charge in [-0.3, -0.25) is 4.90 Å². The summed E-state index contributed by atoms with van der Waals surface area (Å²) in [7, 11) is 3.68. The van der Waals surface area contributed by atoms with Gasteiger partial charge in [0.1, 0.15) is 23.4 Å². The van der Waals surface area contributed by atoms with Crippen molar-refractivity contribution in [3.05, 3.63) is 48.3 Å². The van der Waals surface area contributed by atoms with Gasteiger partial charge in [-0.15, -0.1) is 0 Å². The second-order valence-corrected chi connectivity index (χ2v) is 8.76. The van der Waals surface area contributed by atoms with Crippen molar-refractivity contribution in [3.63, 3.8) is 0 Å². The lowest BCUT2D eigenvalue weighted by atomic mass is 9.91. The Labute approximate surface area is 193 Å². The molecule has 3 heterocycles. The lowest BCUT2D eigenvalue weighted by molar-refractivity contribution is 0.00678. The molecule has 0 aliphatic carbocycles. The number of hydrogen-bond donors (Lipinski definition) is 0. The standard InChI is InChI=1S/C25H28N4O4/c1-4-17-6-5-7-18(12-17)32-23-19-13-21(22(31-3)14-20(19)26-16-27-23)29-15-25(33-24(29)30)8-10-28(2)11-9-25/h5-7,12-14,16H,4,8-11,15H2,1-3H3. The summed E-state index contributed by atoms with van der Waals surface area (Å²) in [5.41, 5.74) is 2.02. The zero-order valence-corrected chi connectivity index (χ0v) is 19.2. The molecular formula is C25H28N4O4. The number of aromatic nitrogens is 2. The zero-order chi connectivity index (χ0) is 23.0. The Hall–Kier alpha value is -3.39. The Morgan fingerprint density at radius 2 is 1.97 bits per heavy atom. The third-order valence-electron chi connectivity index (χ3n) is 6.58. The highest BCUT2D eigenvalue weighted by Crippen LogP contribution is 2.42. The van der Waals surface area contributed by atoms with Gasteiger partial charge in [-0.2, -0.15) is 0 Å². The number of benzene rings is 2. The molecule has 172 valence electrons. The van der Waals surface area contributed by atoms with Gasteiger partial charge in [-0.05, 0) is 37.2 Å². The highest BCUT2D eigenvalue weighted by molar-refractivity contribution is 5.97. The summed E-state index contributed by atoms with van der Waals surface area (Å²) in [6.45, 7) is 4.39. The second kappa shape index (κ2) is 8.51. The quantitative estimate of drug-likeness (QED) is 0.572. The van der Waals surface area contributed by atoms with Gasteiger partial charge in [-0.25, -0.2) is 14.8 Å². The number of anilines is 1. The molecule has 0 radical (unpaired) electrons. The molecule has 0 bridgehead atoms. The molecule has 3 aromatic rings. The third kappa shape index (κ3) is 4.06. The maximum atomic E-state index is 13.0. The second-order valence-electron chi connectivity index (χ2n) is 8.76. The fraction of sp³-hybridized carbons (Fsp3) is 0.400. The van der Waals surface area contributed by atoms with Gasteiger partial charge in [0, 0.05) is 32.0 Å². The van der Waals surface area contributed by atoms with E-state index < -0.39 is 5.60 Å². The average molecular weight is 449 g/mol. The number of aryl methyl sites for hydroxylation is 1. The van der Waals surface area contributed by atoms with Crippen LogP contribution in [-0.2, 0) is 11.2 Å². The van der Waals surface area contributed by atoms with Gasteiger partial charge >= 0.3 is 6.09 Å². The van der Waals surface area contributed by atoms with E-state index >= 15 is 0 Å². The number of likely N-dealkylation sites (tertiary alicyclic amines) is 1. The van der Waals surface area contributed by atoms with Crippen molar-refractivity contribution < 1.29 is 19.0 Å². The van der Waals surface area contributed by atoms with Crippen LogP contribution < -0.4 is 14.4 Å². The highest BCUT2D eigenvalue weighted by atomic mass is 16.6. The molecule has 2 aromatic carbocycles. The van der Waals surface area contributed by atoms with Gasteiger partial charge < -0.3 is 19.1 Å². The Bertz CT molecular complexity index is 1190. The normalized spacial score (nSPS) is 18.0. The topological polar surface area (TPSA) is 77.0 Å². The van der Waals surface area contributed by atoms with E-state index in [1.165, 1.54) is 11.9 Å². The van der Waals surface area contributed by atoms with Crippen LogP contribution in [0.3, 0.4) is 0 Å². The maximum absolute atomic E-state index is 13.0. The zero-order valence-electron chi connectivity index (χ0n) is 19.2. The first-order chi connectivity index (χ1) is 16.0. The first-order valence-corrected chi connectivity index (χ1v) is 11.3. The van der Waals surface area contributed by atoms with E-state index in [1.54, 1.807) is 12.0 Å². The van der Waals surface area contributed by atoms with E-state index in [2.05, 4.69) is 34.9 Å². The number of rotatable bonds is 5. The molecule has 0 atom stereocenters. The van der Waals surface area contributed by atoms with Crippen molar-refractivity contribution in [1.29, 1.82) is 0 Å². The number of carbonyl (C=O) groups is 1. The van der Waals surface area contributed by atoms with Crippen LogP contribution in [0.25, 0.3) is 10.9 Å². The molecule has 33 heavy (non-hydrogen) atoms. The Balaban J connectivity index is 1.52. The number of amides is 1. The van der Waals surface area contributed by atoms with Crippen LogP contribution in [-0.4, -0.2) is 60.4 Å². The first-order valence-electron chi connectivity index (χ1n) is 11.3. The largest absolute Gasteiger partial charge is 0.494 e. The summed E-state index contributed by atoms with van der Waals surface area (Å²) in [4.78, 5) is 25.6. The van der Waals surface area contributed by atoms with Gasteiger partial charge in [0.25, 0.3) is 0 Å². The Kier molecular flexibility index (Phi) is 5.54. The molecule has 0 saturated carbocycles. The fourth-order valence-corrected chi connectivity index (χ4v) is 4.54. The lowest BCUT2D eigenvalue weighted by Crippen LogP contribution is -2.45. The van der Waals surface area contributed by atoms with Gasteiger partial charge in [0.05, 0.1) is 30.2 Å². The number of nitrogens with zero attached hydrogens (tertiary/aromatic N) is 4. The predicted octanol–water partition coefficient (Wildman–Crippen LogP) is 4.41. The molecule has 0 N–H and O–H groups in total. The van der Waals surface area contributed by atoms with E-state index in [4.69, 9.17) is 14.2 Å². The highest BCUT2D eigenvalue weighted by Gasteiger charge is 2.47. The molecule has 2 aliphatic rings. The van der Waals surface area contributed by atoms with Crippen LogP contribution >= 0.6 is 0 Å². The predicted molar refractivity (Wildman–Crippen MR) is 125 cm³/mol. The Morgan fingerprint density at radius 1 is 1.15 bits per heavy atom. The van der Waals surface area contributed by atoms with Crippen LogP contribution in [0.4, 0.5) is 10.5 Å². The van der Waals surface area contributed by atoms with E-state index in [9.17, 15) is 4.79 Å². The molecule has 2 aliphatic heterocycles. The van der Waals surface area contributed by atoms with Gasteiger partial charge in [0.15, 0.2) is 0 Å². The lowest BCUT2D eigenvalue weighted by Gasteiger charge is -2.35. The van der Waals surface area contributed by atoms with E-state index in [1.807, 2.05) is 30.3 Å². The molecule has 1 amide bonds. The first kappa shape index (κ1) is 21.5. The third-order valence-corrected chi connectivity index (χ3v) is 6.58. The number of hydrogen-bond acceptors (Lipinski definition) is 7. The fourth-order valence-electron chi connectivity index (χ4n) is 4.54. The van der Waals surface area contributed by atoms with Gasteiger partial charge in [0.2, 0.25) is 5.88 Å². The average Bonchev–Trinajstić information content (AvgIpc) is 3.16. The summed E-state index contributed by atoms with van der Waals surface area (Å²) in [5.74, 6) is 1.69. The summed E-state index contributed by atoms with van der Waals surface area (Å²) >= 11 is 0. The van der Waals surface area contributed by atoms with E-state index in [0.717, 1.165) is 32.4 Å². The van der Waals surface area contributed by atoms with Crippen LogP contribution in [0.5, 0.6) is 17.4 Å². The minimum atomic E-state index is -0.462. The minimum Gasteiger partial charge on any atom is -0.494 e. The number of fused-ring (bicyclic) bond motifs is 1. The van der Waals surface area contributed by atoms with Crippen molar-refractivity contribution in [3.8, 4) is 17.4 Å². The van der Waals surface area contributed by atoms with Crippen LogP contribution in [0.15, 0.2) is 42.7 Å². The molecule has 0 unspecified atom stereocenters. The van der Waals surface area contributed by atoms with E-state index in [-0.39, 0.29) is 6.09 Å². The van der Waals surface area contributed by atoms with Crippen molar-refractivity contribution >= 4 is 22.7 Å².